The molecule has 18 heavy (non-hydrogen) atoms. The largest absolute Gasteiger partial charge is 0.478 e. The summed E-state index contributed by atoms with van der Waals surface area (Å²) in [6, 6.07) is 7.05. The first kappa shape index (κ1) is 12.5. The van der Waals surface area contributed by atoms with Gasteiger partial charge in [-0.1, -0.05) is 15.9 Å². The zero-order valence-corrected chi connectivity index (χ0v) is 10.5. The molecule has 2 aromatic rings. The lowest BCUT2D eigenvalue weighted by atomic mass is 10.3. The van der Waals surface area contributed by atoms with Crippen LogP contribution in [0.15, 0.2) is 41.0 Å². The Hall–Kier alpha value is -1.95. The molecular weight excluding hydrogens is 305 g/mol. The van der Waals surface area contributed by atoms with E-state index in [-0.39, 0.29) is 17.2 Å². The van der Waals surface area contributed by atoms with E-state index in [1.54, 1.807) is 6.07 Å². The number of hydrogen-bond donors (Lipinski definition) is 1. The third kappa shape index (κ3) is 2.84. The second-order valence-electron chi connectivity index (χ2n) is 3.37. The molecule has 0 aliphatic rings. The highest BCUT2D eigenvalue weighted by Crippen LogP contribution is 2.25. The van der Waals surface area contributed by atoms with Gasteiger partial charge in [-0.2, -0.15) is 0 Å². The van der Waals surface area contributed by atoms with Crippen molar-refractivity contribution in [3.8, 4) is 11.6 Å². The molecule has 0 bridgehead atoms. The van der Waals surface area contributed by atoms with Gasteiger partial charge in [0.05, 0.1) is 5.56 Å². The molecule has 6 heteroatoms. The van der Waals surface area contributed by atoms with Crippen LogP contribution in [-0.2, 0) is 0 Å². The first-order chi connectivity index (χ1) is 8.56. The van der Waals surface area contributed by atoms with Gasteiger partial charge in [-0.15, -0.1) is 0 Å². The Morgan fingerprint density at radius 2 is 2.11 bits per heavy atom. The van der Waals surface area contributed by atoms with Gasteiger partial charge in [0, 0.05) is 16.7 Å². The molecule has 0 atom stereocenters. The molecule has 0 saturated carbocycles. The molecule has 4 nitrogen and oxygen atoms in total. The molecule has 0 radical (unpaired) electrons. The monoisotopic (exact) mass is 311 g/mol. The fourth-order valence-electron chi connectivity index (χ4n) is 1.24. The van der Waals surface area contributed by atoms with Gasteiger partial charge in [0.25, 0.3) is 0 Å². The molecule has 0 saturated heterocycles. The molecule has 92 valence electrons. The van der Waals surface area contributed by atoms with Crippen molar-refractivity contribution in [3.63, 3.8) is 0 Å². The summed E-state index contributed by atoms with van der Waals surface area (Å²) >= 11 is 3.13. The molecule has 0 aliphatic heterocycles. The standard InChI is InChI=1S/C12H7BrFNO3/c13-8-2-3-10(9(14)5-8)18-11-4-1-7(6-15-11)12(16)17/h1-6H,(H,16,17). The Labute approximate surface area is 110 Å². The maximum absolute atomic E-state index is 13.5. The number of halogens is 2. The van der Waals surface area contributed by atoms with Crippen molar-refractivity contribution in [1.29, 1.82) is 0 Å². The maximum atomic E-state index is 13.5. The van der Waals surface area contributed by atoms with Crippen LogP contribution in [0.4, 0.5) is 4.39 Å². The van der Waals surface area contributed by atoms with E-state index in [0.29, 0.717) is 4.47 Å². The Morgan fingerprint density at radius 3 is 2.67 bits per heavy atom. The summed E-state index contributed by atoms with van der Waals surface area (Å²) in [4.78, 5) is 14.4. The number of aromatic carboxylic acids is 1. The third-order valence-electron chi connectivity index (χ3n) is 2.09. The van der Waals surface area contributed by atoms with Crippen molar-refractivity contribution in [2.75, 3.05) is 0 Å². The highest BCUT2D eigenvalue weighted by Gasteiger charge is 2.07. The molecule has 0 amide bonds. The summed E-state index contributed by atoms with van der Waals surface area (Å²) in [5, 5.41) is 8.69. The van der Waals surface area contributed by atoms with E-state index in [0.717, 1.165) is 6.20 Å². The number of nitrogens with zero attached hydrogens (tertiary/aromatic N) is 1. The normalized spacial score (nSPS) is 10.1. The van der Waals surface area contributed by atoms with Gasteiger partial charge in [0.1, 0.15) is 0 Å². The average Bonchev–Trinajstić information content (AvgIpc) is 2.33. The van der Waals surface area contributed by atoms with Crippen LogP contribution >= 0.6 is 15.9 Å². The number of carbonyl (C=O) groups is 1. The SMILES string of the molecule is O=C(O)c1ccc(Oc2ccc(Br)cc2F)nc1. The van der Waals surface area contributed by atoms with Gasteiger partial charge in [-0.05, 0) is 24.3 Å². The minimum Gasteiger partial charge on any atom is -0.478 e. The summed E-state index contributed by atoms with van der Waals surface area (Å²) in [6.45, 7) is 0. The first-order valence-electron chi connectivity index (χ1n) is 4.88. The quantitative estimate of drug-likeness (QED) is 0.943. The lowest BCUT2D eigenvalue weighted by Gasteiger charge is -2.06. The molecular formula is C12H7BrFNO3. The highest BCUT2D eigenvalue weighted by molar-refractivity contribution is 9.10. The van der Waals surface area contributed by atoms with Gasteiger partial charge in [0.15, 0.2) is 11.6 Å². The lowest BCUT2D eigenvalue weighted by Crippen LogP contribution is -1.97. The van der Waals surface area contributed by atoms with Crippen molar-refractivity contribution in [1.82, 2.24) is 4.98 Å². The summed E-state index contributed by atoms with van der Waals surface area (Å²) in [5.41, 5.74) is 0.0404. The Kier molecular flexibility index (Phi) is 3.57. The van der Waals surface area contributed by atoms with Crippen LogP contribution in [0.2, 0.25) is 0 Å². The second-order valence-corrected chi connectivity index (χ2v) is 4.28. The van der Waals surface area contributed by atoms with Crippen molar-refractivity contribution >= 4 is 21.9 Å². The van der Waals surface area contributed by atoms with Crippen LogP contribution in [0.1, 0.15) is 10.4 Å². The molecule has 1 heterocycles. The van der Waals surface area contributed by atoms with Gasteiger partial charge < -0.3 is 9.84 Å². The van der Waals surface area contributed by atoms with Crippen molar-refractivity contribution < 1.29 is 19.0 Å². The Bertz CT molecular complexity index is 586. The zero-order chi connectivity index (χ0) is 13.1. The van der Waals surface area contributed by atoms with Crippen LogP contribution in [0.25, 0.3) is 0 Å². The highest BCUT2D eigenvalue weighted by atomic mass is 79.9. The van der Waals surface area contributed by atoms with Crippen LogP contribution in [0.3, 0.4) is 0 Å². The average molecular weight is 312 g/mol. The van der Waals surface area contributed by atoms with E-state index in [1.165, 1.54) is 24.3 Å². The van der Waals surface area contributed by atoms with E-state index in [9.17, 15) is 9.18 Å². The molecule has 0 spiro atoms. The summed E-state index contributed by atoms with van der Waals surface area (Å²) in [6.07, 6.45) is 1.15. The minimum atomic E-state index is -1.08. The van der Waals surface area contributed by atoms with Crippen molar-refractivity contribution in [2.45, 2.75) is 0 Å². The van der Waals surface area contributed by atoms with E-state index in [2.05, 4.69) is 20.9 Å². The predicted octanol–water partition coefficient (Wildman–Crippen LogP) is 3.47. The second kappa shape index (κ2) is 5.14. The van der Waals surface area contributed by atoms with Crippen LogP contribution in [0, 0.1) is 5.82 Å². The van der Waals surface area contributed by atoms with Crippen LogP contribution < -0.4 is 4.74 Å². The lowest BCUT2D eigenvalue weighted by molar-refractivity contribution is 0.0696. The fraction of sp³-hybridized carbons (Fsp3) is 0. The number of benzene rings is 1. The summed E-state index contributed by atoms with van der Waals surface area (Å²) in [5.74, 6) is -1.47. The van der Waals surface area contributed by atoms with Gasteiger partial charge in [0.2, 0.25) is 5.88 Å². The van der Waals surface area contributed by atoms with Crippen LogP contribution in [-0.4, -0.2) is 16.1 Å². The number of pyridine rings is 1. The van der Waals surface area contributed by atoms with E-state index in [1.807, 2.05) is 0 Å². The molecule has 2 rings (SSSR count). The molecule has 1 N–H and O–H groups in total. The van der Waals surface area contributed by atoms with E-state index in [4.69, 9.17) is 9.84 Å². The van der Waals surface area contributed by atoms with Crippen molar-refractivity contribution in [3.05, 3.63) is 52.4 Å². The van der Waals surface area contributed by atoms with Gasteiger partial charge >= 0.3 is 5.97 Å². The van der Waals surface area contributed by atoms with Gasteiger partial charge in [-0.3, -0.25) is 0 Å². The number of rotatable bonds is 3. The van der Waals surface area contributed by atoms with Crippen molar-refractivity contribution in [2.24, 2.45) is 0 Å². The number of carboxylic acids is 1. The van der Waals surface area contributed by atoms with Crippen LogP contribution in [0.5, 0.6) is 11.6 Å². The van der Waals surface area contributed by atoms with E-state index < -0.39 is 11.8 Å². The maximum Gasteiger partial charge on any atom is 0.337 e. The zero-order valence-electron chi connectivity index (χ0n) is 8.93. The molecule has 0 fully saturated rings. The molecule has 1 aromatic heterocycles. The Morgan fingerprint density at radius 1 is 1.33 bits per heavy atom. The minimum absolute atomic E-state index is 0.0220. The van der Waals surface area contributed by atoms with Gasteiger partial charge in [-0.25, -0.2) is 14.2 Å². The molecule has 1 aromatic carbocycles. The fourth-order valence-corrected chi connectivity index (χ4v) is 1.57. The van der Waals surface area contributed by atoms with E-state index >= 15 is 0 Å². The predicted molar refractivity (Wildman–Crippen MR) is 65.4 cm³/mol. The number of hydrogen-bond acceptors (Lipinski definition) is 3. The summed E-state index contributed by atoms with van der Waals surface area (Å²) < 4.78 is 19.3. The smallest absolute Gasteiger partial charge is 0.337 e. The third-order valence-corrected chi connectivity index (χ3v) is 2.58. The first-order valence-corrected chi connectivity index (χ1v) is 5.68. The number of aromatic nitrogens is 1. The number of ether oxygens (including phenoxy) is 1. The number of carboxylic acid groups (broad SMARTS) is 1. The summed E-state index contributed by atoms with van der Waals surface area (Å²) in [7, 11) is 0. The molecule has 0 unspecified atom stereocenters. The topological polar surface area (TPSA) is 59.4 Å². The molecule has 0 aliphatic carbocycles. The Balaban J connectivity index is 2.21.